The van der Waals surface area contributed by atoms with Gasteiger partial charge in [-0.1, -0.05) is 6.07 Å². The summed E-state index contributed by atoms with van der Waals surface area (Å²) in [4.78, 5) is 30.6. The van der Waals surface area contributed by atoms with Crippen molar-refractivity contribution in [3.05, 3.63) is 63.7 Å². The number of anilines is 3. The summed E-state index contributed by atoms with van der Waals surface area (Å²) in [6, 6.07) is 10.5. The molecule has 0 aliphatic rings. The van der Waals surface area contributed by atoms with E-state index in [-0.39, 0.29) is 35.1 Å². The molecular weight excluding hydrogens is 448 g/mol. The van der Waals surface area contributed by atoms with Crippen molar-refractivity contribution in [3.8, 4) is 5.75 Å². The van der Waals surface area contributed by atoms with Gasteiger partial charge in [0.25, 0.3) is 0 Å². The summed E-state index contributed by atoms with van der Waals surface area (Å²) in [6.07, 6.45) is 1.19. The maximum absolute atomic E-state index is 11.8. The first kappa shape index (κ1) is 22.1. The average molecular weight is 464 g/mol. The third kappa shape index (κ3) is 4.69. The highest BCUT2D eigenvalue weighted by atomic mass is 16.6. The molecular formula is C20H16N8O6. The minimum absolute atomic E-state index is 0.110. The number of carbonyl (C=O) groups excluding carboxylic acids is 1. The molecule has 34 heavy (non-hydrogen) atoms. The average Bonchev–Trinajstić information content (AvgIpc) is 3.28. The van der Waals surface area contributed by atoms with Gasteiger partial charge in [0, 0.05) is 17.3 Å². The summed E-state index contributed by atoms with van der Waals surface area (Å²) >= 11 is 0. The number of hydrogen-bond acceptors (Lipinski definition) is 13. The molecule has 0 radical (unpaired) electrons. The molecule has 172 valence electrons. The number of nitrogens with one attached hydrogen (secondary N) is 2. The molecule has 0 aliphatic heterocycles. The fraction of sp³-hybridized carbons (Fsp3) is 0.100. The molecule has 0 saturated carbocycles. The summed E-state index contributed by atoms with van der Waals surface area (Å²) in [5, 5.41) is 35.4. The zero-order valence-corrected chi connectivity index (χ0v) is 17.5. The smallest absolute Gasteiger partial charge is 0.338 e. The summed E-state index contributed by atoms with van der Waals surface area (Å²) in [5.41, 5.74) is 3.52. The predicted molar refractivity (Wildman–Crippen MR) is 119 cm³/mol. The molecule has 0 saturated heterocycles. The molecule has 14 heteroatoms. The molecule has 0 bridgehead atoms. The summed E-state index contributed by atoms with van der Waals surface area (Å²) in [5.74, 6) is -0.642. The van der Waals surface area contributed by atoms with Gasteiger partial charge in [0.2, 0.25) is 17.0 Å². The molecule has 2 heterocycles. The molecule has 0 aliphatic carbocycles. The van der Waals surface area contributed by atoms with Crippen LogP contribution in [0.2, 0.25) is 0 Å². The number of aromatic hydroxyl groups is 1. The van der Waals surface area contributed by atoms with Crippen molar-refractivity contribution in [1.82, 2.24) is 20.3 Å². The van der Waals surface area contributed by atoms with Crippen LogP contribution in [0.4, 0.5) is 23.0 Å². The molecule has 0 fully saturated rings. The van der Waals surface area contributed by atoms with Crippen LogP contribution in [0.25, 0.3) is 11.3 Å². The number of phenolic OH excluding ortho intramolecular Hbond substituents is 1. The third-order valence-electron chi connectivity index (χ3n) is 4.39. The van der Waals surface area contributed by atoms with Crippen LogP contribution in [0.5, 0.6) is 5.75 Å². The Bertz CT molecular complexity index is 1390. The number of hydrazone groups is 1. The number of benzene rings is 2. The van der Waals surface area contributed by atoms with Gasteiger partial charge in [0.05, 0.1) is 23.3 Å². The monoisotopic (exact) mass is 464 g/mol. The fourth-order valence-electron chi connectivity index (χ4n) is 2.81. The van der Waals surface area contributed by atoms with Crippen LogP contribution in [-0.4, -0.2) is 49.1 Å². The molecule has 0 unspecified atom stereocenters. The largest absolute Gasteiger partial charge is 0.502 e. The van der Waals surface area contributed by atoms with Crippen molar-refractivity contribution in [2.45, 2.75) is 6.92 Å². The van der Waals surface area contributed by atoms with Crippen LogP contribution in [0.1, 0.15) is 22.8 Å². The Morgan fingerprint density at radius 3 is 2.56 bits per heavy atom. The van der Waals surface area contributed by atoms with Crippen LogP contribution in [0, 0.1) is 10.1 Å². The first-order chi connectivity index (χ1) is 16.5. The molecule has 0 spiro atoms. The first-order valence-corrected chi connectivity index (χ1v) is 9.76. The zero-order chi connectivity index (χ0) is 24.1. The SMILES string of the molecule is CCOC(=O)c1ccc(Nc2nc3nonc3nc2N/N=C/c2cccc([N+](=O)[O-])c2O)cc1. The lowest BCUT2D eigenvalue weighted by molar-refractivity contribution is -0.385. The van der Waals surface area contributed by atoms with E-state index in [2.05, 4.69) is 40.8 Å². The lowest BCUT2D eigenvalue weighted by atomic mass is 10.2. The van der Waals surface area contributed by atoms with Gasteiger partial charge in [0.1, 0.15) is 0 Å². The topological polar surface area (TPSA) is 191 Å². The highest BCUT2D eigenvalue weighted by Gasteiger charge is 2.16. The normalized spacial score (nSPS) is 11.0. The van der Waals surface area contributed by atoms with E-state index in [9.17, 15) is 20.0 Å². The van der Waals surface area contributed by atoms with E-state index >= 15 is 0 Å². The highest BCUT2D eigenvalue weighted by Crippen LogP contribution is 2.28. The lowest BCUT2D eigenvalue weighted by Crippen LogP contribution is -2.05. The van der Waals surface area contributed by atoms with Gasteiger partial charge in [-0.3, -0.25) is 15.5 Å². The molecule has 4 rings (SSSR count). The number of aromatic nitrogens is 4. The number of nitro benzene ring substituents is 1. The first-order valence-electron chi connectivity index (χ1n) is 9.76. The van der Waals surface area contributed by atoms with E-state index in [0.29, 0.717) is 11.3 Å². The number of hydrogen-bond donors (Lipinski definition) is 3. The maximum atomic E-state index is 11.8. The number of nitrogens with zero attached hydrogens (tertiary/aromatic N) is 6. The number of nitro groups is 1. The molecule has 3 N–H and O–H groups in total. The van der Waals surface area contributed by atoms with E-state index in [1.54, 1.807) is 31.2 Å². The summed E-state index contributed by atoms with van der Waals surface area (Å²) in [6.45, 7) is 1.99. The number of phenols is 1. The van der Waals surface area contributed by atoms with Gasteiger partial charge >= 0.3 is 11.7 Å². The zero-order valence-electron chi connectivity index (χ0n) is 17.5. The Morgan fingerprint density at radius 2 is 1.88 bits per heavy atom. The Morgan fingerprint density at radius 1 is 1.18 bits per heavy atom. The van der Waals surface area contributed by atoms with E-state index in [4.69, 9.17) is 4.74 Å². The van der Waals surface area contributed by atoms with Crippen LogP contribution in [0.3, 0.4) is 0 Å². The minimum Gasteiger partial charge on any atom is -0.502 e. The number of fused-ring (bicyclic) bond motifs is 1. The molecule has 0 amide bonds. The second-order valence-electron chi connectivity index (χ2n) is 6.60. The third-order valence-corrected chi connectivity index (χ3v) is 4.39. The van der Waals surface area contributed by atoms with E-state index in [0.717, 1.165) is 0 Å². The van der Waals surface area contributed by atoms with Gasteiger partial charge in [-0.15, -0.1) is 0 Å². The standard InChI is InChI=1S/C20H16N8O6/c1-2-33-20(30)11-6-8-13(9-7-11)22-16-17(24-19-18(23-16)26-34-27-19)25-21-10-12-4-3-5-14(15(12)29)28(31)32/h3-10,29H,2H2,1H3,(H,22,23,26)(H,24,25,27)/b21-10+. The van der Waals surface area contributed by atoms with E-state index in [1.165, 1.54) is 24.4 Å². The second kappa shape index (κ2) is 9.56. The predicted octanol–water partition coefficient (Wildman–Crippen LogP) is 2.99. The van der Waals surface area contributed by atoms with Crippen molar-refractivity contribution in [2.75, 3.05) is 17.3 Å². The Balaban J connectivity index is 1.59. The Hall–Kier alpha value is -5.14. The van der Waals surface area contributed by atoms with Crippen molar-refractivity contribution < 1.29 is 24.2 Å². The van der Waals surface area contributed by atoms with Crippen molar-refractivity contribution >= 4 is 46.5 Å². The van der Waals surface area contributed by atoms with Crippen molar-refractivity contribution in [3.63, 3.8) is 0 Å². The number of ether oxygens (including phenoxy) is 1. The van der Waals surface area contributed by atoms with Crippen LogP contribution in [0.15, 0.2) is 52.2 Å². The molecule has 14 nitrogen and oxygen atoms in total. The van der Waals surface area contributed by atoms with E-state index in [1.807, 2.05) is 0 Å². The van der Waals surface area contributed by atoms with Crippen molar-refractivity contribution in [1.29, 1.82) is 0 Å². The van der Waals surface area contributed by atoms with Crippen LogP contribution in [-0.2, 0) is 4.74 Å². The Kier molecular flexibility index (Phi) is 6.20. The number of carbonyl (C=O) groups is 1. The molecule has 2 aromatic carbocycles. The quantitative estimate of drug-likeness (QED) is 0.150. The molecule has 2 aromatic heterocycles. The number of para-hydroxylation sites is 1. The Labute approximate surface area is 190 Å². The van der Waals surface area contributed by atoms with Gasteiger partial charge in [-0.25, -0.2) is 14.4 Å². The fourth-order valence-corrected chi connectivity index (χ4v) is 2.81. The lowest BCUT2D eigenvalue weighted by Gasteiger charge is -2.10. The summed E-state index contributed by atoms with van der Waals surface area (Å²) in [7, 11) is 0. The van der Waals surface area contributed by atoms with Gasteiger partial charge < -0.3 is 15.2 Å². The highest BCUT2D eigenvalue weighted by molar-refractivity contribution is 5.90. The minimum atomic E-state index is -0.702. The number of esters is 1. The van der Waals surface area contributed by atoms with Crippen LogP contribution < -0.4 is 10.7 Å². The number of rotatable bonds is 8. The maximum Gasteiger partial charge on any atom is 0.338 e. The molecule has 0 atom stereocenters. The van der Waals surface area contributed by atoms with Crippen LogP contribution >= 0.6 is 0 Å². The summed E-state index contributed by atoms with van der Waals surface area (Å²) < 4.78 is 9.61. The van der Waals surface area contributed by atoms with Gasteiger partial charge in [0.15, 0.2) is 11.6 Å². The van der Waals surface area contributed by atoms with Gasteiger partial charge in [-0.2, -0.15) is 10.1 Å². The van der Waals surface area contributed by atoms with E-state index < -0.39 is 22.3 Å². The van der Waals surface area contributed by atoms with Gasteiger partial charge in [-0.05, 0) is 47.6 Å². The van der Waals surface area contributed by atoms with Crippen molar-refractivity contribution in [2.24, 2.45) is 5.10 Å². The second-order valence-corrected chi connectivity index (χ2v) is 6.60. The molecule has 4 aromatic rings.